The monoisotopic (exact) mass is 215 g/mol. The summed E-state index contributed by atoms with van der Waals surface area (Å²) in [6, 6.07) is 0. The van der Waals surface area contributed by atoms with Gasteiger partial charge in [0.1, 0.15) is 0 Å². The number of rotatable bonds is 9. The predicted molar refractivity (Wildman–Crippen MR) is 64.3 cm³/mol. The molecule has 0 fully saturated rings. The summed E-state index contributed by atoms with van der Waals surface area (Å²) in [5.41, 5.74) is 5.45. The molecule has 0 aromatic carbocycles. The Kier molecular flexibility index (Phi) is 8.33. The van der Waals surface area contributed by atoms with Crippen LogP contribution in [0.25, 0.3) is 0 Å². The van der Waals surface area contributed by atoms with Crippen LogP contribution in [0.1, 0.15) is 27.2 Å². The van der Waals surface area contributed by atoms with Gasteiger partial charge in [-0.2, -0.15) is 0 Å². The second-order valence-electron chi connectivity index (χ2n) is 3.80. The Morgan fingerprint density at radius 2 is 2.13 bits per heavy atom. The smallest absolute Gasteiger partial charge is 0.0947 e. The summed E-state index contributed by atoms with van der Waals surface area (Å²) in [6.07, 6.45) is 1.05. The van der Waals surface area contributed by atoms with Gasteiger partial charge in [0.25, 0.3) is 0 Å². The average molecular weight is 215 g/mol. The first-order valence-corrected chi connectivity index (χ1v) is 5.75. The standard InChI is InChI=1S/C11H25N3O/c1-4-14(7-6-8-15-5-2)9-10(3)11(12)13/h10H,4-9H2,1-3H3,(H3,12,13). The molecule has 0 saturated carbocycles. The summed E-state index contributed by atoms with van der Waals surface area (Å²) in [5, 5.41) is 7.34. The van der Waals surface area contributed by atoms with Crippen molar-refractivity contribution >= 4 is 5.84 Å². The first-order valence-electron chi connectivity index (χ1n) is 5.75. The van der Waals surface area contributed by atoms with Gasteiger partial charge in [-0.25, -0.2) is 0 Å². The van der Waals surface area contributed by atoms with Crippen LogP contribution in [0.4, 0.5) is 0 Å². The second kappa shape index (κ2) is 8.68. The van der Waals surface area contributed by atoms with Crippen molar-refractivity contribution in [2.45, 2.75) is 27.2 Å². The van der Waals surface area contributed by atoms with E-state index in [2.05, 4.69) is 11.8 Å². The summed E-state index contributed by atoms with van der Waals surface area (Å²) < 4.78 is 5.29. The van der Waals surface area contributed by atoms with Gasteiger partial charge in [0, 0.05) is 32.2 Å². The zero-order valence-corrected chi connectivity index (χ0v) is 10.3. The summed E-state index contributed by atoms with van der Waals surface area (Å²) >= 11 is 0. The predicted octanol–water partition coefficient (Wildman–Crippen LogP) is 1.31. The molecule has 3 N–H and O–H groups in total. The van der Waals surface area contributed by atoms with Crippen molar-refractivity contribution in [2.75, 3.05) is 32.8 Å². The molecule has 0 aliphatic heterocycles. The number of amidine groups is 1. The van der Waals surface area contributed by atoms with E-state index in [9.17, 15) is 0 Å². The van der Waals surface area contributed by atoms with Gasteiger partial charge in [0.05, 0.1) is 5.84 Å². The van der Waals surface area contributed by atoms with Crippen LogP contribution in [0.2, 0.25) is 0 Å². The Morgan fingerprint density at radius 1 is 1.47 bits per heavy atom. The summed E-state index contributed by atoms with van der Waals surface area (Å²) in [5.74, 6) is 0.426. The normalized spacial score (nSPS) is 13.1. The fourth-order valence-electron chi connectivity index (χ4n) is 1.40. The summed E-state index contributed by atoms with van der Waals surface area (Å²) in [7, 11) is 0. The molecule has 0 aromatic rings. The molecule has 0 radical (unpaired) electrons. The van der Waals surface area contributed by atoms with E-state index in [0.717, 1.165) is 39.3 Å². The third-order valence-electron chi connectivity index (χ3n) is 2.48. The zero-order valence-electron chi connectivity index (χ0n) is 10.3. The van der Waals surface area contributed by atoms with E-state index in [1.165, 1.54) is 0 Å². The van der Waals surface area contributed by atoms with Gasteiger partial charge in [-0.1, -0.05) is 13.8 Å². The molecule has 0 bridgehead atoms. The van der Waals surface area contributed by atoms with E-state index < -0.39 is 0 Å². The van der Waals surface area contributed by atoms with Gasteiger partial charge in [0.15, 0.2) is 0 Å². The lowest BCUT2D eigenvalue weighted by molar-refractivity contribution is 0.131. The van der Waals surface area contributed by atoms with Crippen molar-refractivity contribution in [1.82, 2.24) is 4.90 Å². The van der Waals surface area contributed by atoms with Gasteiger partial charge >= 0.3 is 0 Å². The number of ether oxygens (including phenoxy) is 1. The maximum atomic E-state index is 7.34. The van der Waals surface area contributed by atoms with Crippen molar-refractivity contribution in [3.05, 3.63) is 0 Å². The average Bonchev–Trinajstić information content (AvgIpc) is 2.22. The lowest BCUT2D eigenvalue weighted by atomic mass is 10.1. The molecule has 1 atom stereocenters. The molecule has 0 aliphatic rings. The molecule has 0 saturated heterocycles. The van der Waals surface area contributed by atoms with Crippen LogP contribution in [-0.2, 0) is 4.74 Å². The molecule has 0 spiro atoms. The van der Waals surface area contributed by atoms with Crippen LogP contribution in [0, 0.1) is 11.3 Å². The highest BCUT2D eigenvalue weighted by molar-refractivity contribution is 5.79. The first kappa shape index (κ1) is 14.4. The largest absolute Gasteiger partial charge is 0.387 e. The van der Waals surface area contributed by atoms with Gasteiger partial charge < -0.3 is 15.4 Å². The molecule has 4 heteroatoms. The van der Waals surface area contributed by atoms with E-state index in [4.69, 9.17) is 15.9 Å². The molecular formula is C11H25N3O. The maximum Gasteiger partial charge on any atom is 0.0947 e. The quantitative estimate of drug-likeness (QED) is 0.346. The first-order chi connectivity index (χ1) is 7.11. The Bertz CT molecular complexity index is 173. The van der Waals surface area contributed by atoms with E-state index in [1.807, 2.05) is 13.8 Å². The highest BCUT2D eigenvalue weighted by Gasteiger charge is 2.10. The van der Waals surface area contributed by atoms with Gasteiger partial charge in [-0.15, -0.1) is 0 Å². The molecule has 90 valence electrons. The van der Waals surface area contributed by atoms with E-state index in [1.54, 1.807) is 0 Å². The van der Waals surface area contributed by atoms with Crippen LogP contribution in [0.15, 0.2) is 0 Å². The molecule has 15 heavy (non-hydrogen) atoms. The lowest BCUT2D eigenvalue weighted by Crippen LogP contribution is -2.35. The van der Waals surface area contributed by atoms with E-state index >= 15 is 0 Å². The molecule has 0 amide bonds. The molecule has 0 rings (SSSR count). The number of nitrogens with two attached hydrogens (primary N) is 1. The van der Waals surface area contributed by atoms with Crippen LogP contribution in [0.5, 0.6) is 0 Å². The molecule has 4 nitrogen and oxygen atoms in total. The van der Waals surface area contributed by atoms with Crippen molar-refractivity contribution in [3.63, 3.8) is 0 Å². The number of nitrogens with zero attached hydrogens (tertiary/aromatic N) is 1. The van der Waals surface area contributed by atoms with E-state index in [-0.39, 0.29) is 11.8 Å². The Labute approximate surface area is 93.3 Å². The fraction of sp³-hybridized carbons (Fsp3) is 0.909. The Hall–Kier alpha value is -0.610. The summed E-state index contributed by atoms with van der Waals surface area (Å²) in [4.78, 5) is 2.31. The minimum atomic E-state index is 0.150. The third-order valence-corrected chi connectivity index (χ3v) is 2.48. The Morgan fingerprint density at radius 3 is 2.60 bits per heavy atom. The highest BCUT2D eigenvalue weighted by atomic mass is 16.5. The number of nitrogens with one attached hydrogen (secondary N) is 1. The zero-order chi connectivity index (χ0) is 11.7. The van der Waals surface area contributed by atoms with Crippen molar-refractivity contribution in [1.29, 1.82) is 5.41 Å². The van der Waals surface area contributed by atoms with Crippen molar-refractivity contribution in [2.24, 2.45) is 11.7 Å². The molecular weight excluding hydrogens is 190 g/mol. The van der Waals surface area contributed by atoms with Crippen LogP contribution >= 0.6 is 0 Å². The van der Waals surface area contributed by atoms with Gasteiger partial charge in [0.2, 0.25) is 0 Å². The SMILES string of the molecule is CCOCCCN(CC)CC(C)C(=N)N. The van der Waals surface area contributed by atoms with Crippen LogP contribution < -0.4 is 5.73 Å². The maximum absolute atomic E-state index is 7.34. The van der Waals surface area contributed by atoms with Crippen molar-refractivity contribution in [3.8, 4) is 0 Å². The molecule has 0 aliphatic carbocycles. The van der Waals surface area contributed by atoms with Crippen LogP contribution in [0.3, 0.4) is 0 Å². The topological polar surface area (TPSA) is 62.3 Å². The fourth-order valence-corrected chi connectivity index (χ4v) is 1.40. The van der Waals surface area contributed by atoms with Gasteiger partial charge in [-0.3, -0.25) is 5.41 Å². The highest BCUT2D eigenvalue weighted by Crippen LogP contribution is 2.00. The third kappa shape index (κ3) is 7.33. The number of hydrogen-bond acceptors (Lipinski definition) is 3. The molecule has 0 aromatic heterocycles. The van der Waals surface area contributed by atoms with E-state index in [0.29, 0.717) is 0 Å². The van der Waals surface area contributed by atoms with Gasteiger partial charge in [-0.05, 0) is 19.9 Å². The van der Waals surface area contributed by atoms with Crippen LogP contribution in [-0.4, -0.2) is 43.6 Å². The summed E-state index contributed by atoms with van der Waals surface area (Å²) in [6.45, 7) is 10.6. The molecule has 0 heterocycles. The molecule has 1 unspecified atom stereocenters. The lowest BCUT2D eigenvalue weighted by Gasteiger charge is -2.23. The minimum Gasteiger partial charge on any atom is -0.387 e. The Balaban J connectivity index is 3.67. The second-order valence-corrected chi connectivity index (χ2v) is 3.80. The number of hydrogen-bond donors (Lipinski definition) is 2. The van der Waals surface area contributed by atoms with Crippen molar-refractivity contribution < 1.29 is 4.74 Å². The minimum absolute atomic E-state index is 0.150.